The van der Waals surface area contributed by atoms with E-state index in [9.17, 15) is 4.79 Å². The molecule has 0 fully saturated rings. The third-order valence-corrected chi connectivity index (χ3v) is 2.56. The zero-order chi connectivity index (χ0) is 12.1. The van der Waals surface area contributed by atoms with Crippen molar-refractivity contribution >= 4 is 17.3 Å². The molecule has 0 radical (unpaired) electrons. The van der Waals surface area contributed by atoms with Crippen LogP contribution in [-0.4, -0.2) is 19.0 Å². The number of hydrogen-bond donors (Lipinski definition) is 3. The molecule has 0 spiro atoms. The lowest BCUT2D eigenvalue weighted by molar-refractivity contribution is 0.0963. The van der Waals surface area contributed by atoms with Crippen LogP contribution in [0.15, 0.2) is 18.2 Å². The van der Waals surface area contributed by atoms with Gasteiger partial charge in [0.25, 0.3) is 5.91 Å². The molecule has 0 aliphatic carbocycles. The van der Waals surface area contributed by atoms with Gasteiger partial charge in [0.05, 0.1) is 11.4 Å². The van der Waals surface area contributed by atoms with E-state index in [4.69, 9.17) is 5.73 Å². The first-order valence-electron chi connectivity index (χ1n) is 5.46. The first-order valence-corrected chi connectivity index (χ1v) is 5.46. The summed E-state index contributed by atoms with van der Waals surface area (Å²) >= 11 is 0. The number of nitrogens with one attached hydrogen (secondary N) is 2. The normalized spacial score (nSPS) is 11.9. The third-order valence-electron chi connectivity index (χ3n) is 2.56. The van der Waals surface area contributed by atoms with Crippen molar-refractivity contribution in [2.75, 3.05) is 18.1 Å². The minimum atomic E-state index is -0.123. The van der Waals surface area contributed by atoms with Gasteiger partial charge in [0.2, 0.25) is 0 Å². The highest BCUT2D eigenvalue weighted by Crippen LogP contribution is 2.21. The number of carbonyl (C=O) groups excluding carboxylic acids is 1. The van der Waals surface area contributed by atoms with Gasteiger partial charge in [-0.05, 0) is 31.5 Å². The molecule has 0 aliphatic heterocycles. The smallest absolute Gasteiger partial charge is 0.251 e. The highest BCUT2D eigenvalue weighted by molar-refractivity contribution is 5.95. The fourth-order valence-corrected chi connectivity index (χ4v) is 1.35. The summed E-state index contributed by atoms with van der Waals surface area (Å²) in [5.41, 5.74) is 7.93. The van der Waals surface area contributed by atoms with E-state index in [0.29, 0.717) is 17.3 Å². The second-order valence-corrected chi connectivity index (χ2v) is 3.83. The largest absolute Gasteiger partial charge is 0.397 e. The summed E-state index contributed by atoms with van der Waals surface area (Å²) < 4.78 is 0. The van der Waals surface area contributed by atoms with Crippen LogP contribution in [0.1, 0.15) is 30.6 Å². The average molecular weight is 221 g/mol. The molecule has 0 unspecified atom stereocenters. The number of hydrogen-bond acceptors (Lipinski definition) is 3. The molecule has 1 rings (SSSR count). The summed E-state index contributed by atoms with van der Waals surface area (Å²) in [5.74, 6) is -0.123. The second-order valence-electron chi connectivity index (χ2n) is 3.83. The Bertz CT molecular complexity index is 377. The van der Waals surface area contributed by atoms with Crippen LogP contribution in [0.3, 0.4) is 0 Å². The predicted molar refractivity (Wildman–Crippen MR) is 67.6 cm³/mol. The number of nitrogen functional groups attached to an aromatic ring is 1. The molecule has 16 heavy (non-hydrogen) atoms. The first kappa shape index (κ1) is 12.4. The Morgan fingerprint density at radius 1 is 1.50 bits per heavy atom. The fourth-order valence-electron chi connectivity index (χ4n) is 1.35. The lowest BCUT2D eigenvalue weighted by Gasteiger charge is -2.15. The van der Waals surface area contributed by atoms with E-state index in [1.807, 2.05) is 6.07 Å². The molecule has 0 saturated carbocycles. The van der Waals surface area contributed by atoms with Gasteiger partial charge in [-0.1, -0.05) is 6.92 Å². The maximum atomic E-state index is 11.4. The maximum Gasteiger partial charge on any atom is 0.251 e. The molecule has 0 saturated heterocycles. The van der Waals surface area contributed by atoms with Crippen LogP contribution in [0.2, 0.25) is 0 Å². The zero-order valence-electron chi connectivity index (χ0n) is 10.0. The van der Waals surface area contributed by atoms with Crippen LogP contribution in [0.25, 0.3) is 0 Å². The molecule has 4 N–H and O–H groups in total. The quantitative estimate of drug-likeness (QED) is 0.680. The van der Waals surface area contributed by atoms with Crippen LogP contribution in [0.5, 0.6) is 0 Å². The van der Waals surface area contributed by atoms with Crippen molar-refractivity contribution < 1.29 is 4.79 Å². The number of nitrogens with two attached hydrogens (primary N) is 1. The standard InChI is InChI=1S/C12H19N3O/c1-4-8(2)15-11-6-5-9(7-10(11)13)12(16)14-3/h5-8,15H,4,13H2,1-3H3,(H,14,16)/t8-/m0/s1. The molecule has 4 nitrogen and oxygen atoms in total. The Balaban J connectivity index is 2.87. The van der Waals surface area contributed by atoms with Crippen molar-refractivity contribution in [1.82, 2.24) is 5.32 Å². The number of benzene rings is 1. The number of rotatable bonds is 4. The van der Waals surface area contributed by atoms with Gasteiger partial charge in [-0.2, -0.15) is 0 Å². The molecule has 1 aromatic rings. The van der Waals surface area contributed by atoms with Crippen molar-refractivity contribution in [3.8, 4) is 0 Å². The van der Waals surface area contributed by atoms with E-state index in [0.717, 1.165) is 12.1 Å². The molecule has 0 heterocycles. The highest BCUT2D eigenvalue weighted by atomic mass is 16.1. The average Bonchev–Trinajstić information content (AvgIpc) is 2.30. The van der Waals surface area contributed by atoms with Gasteiger partial charge in [-0.3, -0.25) is 4.79 Å². The monoisotopic (exact) mass is 221 g/mol. The van der Waals surface area contributed by atoms with Gasteiger partial charge >= 0.3 is 0 Å². The van der Waals surface area contributed by atoms with Crippen molar-refractivity contribution in [1.29, 1.82) is 0 Å². The molecule has 0 aliphatic rings. The van der Waals surface area contributed by atoms with Crippen molar-refractivity contribution in [3.63, 3.8) is 0 Å². The summed E-state index contributed by atoms with van der Waals surface area (Å²) in [5, 5.41) is 5.85. The Morgan fingerprint density at radius 3 is 2.69 bits per heavy atom. The van der Waals surface area contributed by atoms with Crippen LogP contribution in [0, 0.1) is 0 Å². The van der Waals surface area contributed by atoms with E-state index < -0.39 is 0 Å². The highest BCUT2D eigenvalue weighted by Gasteiger charge is 2.07. The molecule has 0 aromatic heterocycles. The van der Waals surface area contributed by atoms with Crippen LogP contribution >= 0.6 is 0 Å². The molecule has 1 atom stereocenters. The summed E-state index contributed by atoms with van der Waals surface area (Å²) in [4.78, 5) is 11.4. The molecule has 1 amide bonds. The van der Waals surface area contributed by atoms with E-state index in [-0.39, 0.29) is 5.91 Å². The fraction of sp³-hybridized carbons (Fsp3) is 0.417. The number of amides is 1. The molecular formula is C12H19N3O. The van der Waals surface area contributed by atoms with Gasteiger partial charge in [-0.15, -0.1) is 0 Å². The van der Waals surface area contributed by atoms with Crippen LogP contribution in [0.4, 0.5) is 11.4 Å². The topological polar surface area (TPSA) is 67.2 Å². The zero-order valence-corrected chi connectivity index (χ0v) is 10.0. The van der Waals surface area contributed by atoms with Gasteiger partial charge in [0.15, 0.2) is 0 Å². The van der Waals surface area contributed by atoms with Crippen LogP contribution in [-0.2, 0) is 0 Å². The predicted octanol–water partition coefficient (Wildman–Crippen LogP) is 1.84. The third kappa shape index (κ3) is 2.89. The Hall–Kier alpha value is -1.71. The SMILES string of the molecule is CC[C@H](C)Nc1ccc(C(=O)NC)cc1N. The summed E-state index contributed by atoms with van der Waals surface area (Å²) in [6.07, 6.45) is 1.02. The summed E-state index contributed by atoms with van der Waals surface area (Å²) in [6.45, 7) is 4.19. The van der Waals surface area contributed by atoms with E-state index in [1.54, 1.807) is 19.2 Å². The number of anilines is 2. The Labute approximate surface area is 96.2 Å². The van der Waals surface area contributed by atoms with Crippen molar-refractivity contribution in [2.45, 2.75) is 26.3 Å². The van der Waals surface area contributed by atoms with Crippen molar-refractivity contribution in [2.24, 2.45) is 0 Å². The Kier molecular flexibility index (Phi) is 4.17. The van der Waals surface area contributed by atoms with Crippen LogP contribution < -0.4 is 16.4 Å². The first-order chi connectivity index (χ1) is 7.58. The van der Waals surface area contributed by atoms with Gasteiger partial charge < -0.3 is 16.4 Å². The number of carbonyl (C=O) groups is 1. The van der Waals surface area contributed by atoms with E-state index in [1.165, 1.54) is 0 Å². The minimum Gasteiger partial charge on any atom is -0.397 e. The summed E-state index contributed by atoms with van der Waals surface area (Å²) in [7, 11) is 1.60. The minimum absolute atomic E-state index is 0.123. The van der Waals surface area contributed by atoms with E-state index in [2.05, 4.69) is 24.5 Å². The molecule has 88 valence electrons. The Morgan fingerprint density at radius 2 is 2.19 bits per heavy atom. The molecule has 1 aromatic carbocycles. The van der Waals surface area contributed by atoms with Crippen molar-refractivity contribution in [3.05, 3.63) is 23.8 Å². The van der Waals surface area contributed by atoms with E-state index >= 15 is 0 Å². The lowest BCUT2D eigenvalue weighted by atomic mass is 10.1. The molecule has 4 heteroatoms. The second kappa shape index (κ2) is 5.39. The van der Waals surface area contributed by atoms with Gasteiger partial charge in [-0.25, -0.2) is 0 Å². The van der Waals surface area contributed by atoms with Gasteiger partial charge in [0.1, 0.15) is 0 Å². The molecule has 0 bridgehead atoms. The lowest BCUT2D eigenvalue weighted by Crippen LogP contribution is -2.19. The van der Waals surface area contributed by atoms with Gasteiger partial charge in [0, 0.05) is 18.7 Å². The summed E-state index contributed by atoms with van der Waals surface area (Å²) in [6, 6.07) is 5.66. The molecular weight excluding hydrogens is 202 g/mol. The maximum absolute atomic E-state index is 11.4.